The molecule has 0 saturated carbocycles. The summed E-state index contributed by atoms with van der Waals surface area (Å²) in [6.45, 7) is 15.1. The Labute approximate surface area is 78.4 Å². The standard InChI is InChI=1S/C9H21NSi2/c1-9-8-10-12(4,5)7-6-11(9,2)3/h10H,1,6-8H2,2-5H3. The van der Waals surface area contributed by atoms with E-state index in [2.05, 4.69) is 37.7 Å². The molecule has 1 aliphatic heterocycles. The minimum atomic E-state index is -1.06. The molecule has 0 bridgehead atoms. The van der Waals surface area contributed by atoms with Crippen molar-refractivity contribution in [2.45, 2.75) is 38.3 Å². The highest BCUT2D eigenvalue weighted by Crippen LogP contribution is 2.27. The van der Waals surface area contributed by atoms with Crippen LogP contribution in [0, 0.1) is 0 Å². The Bertz CT molecular complexity index is 197. The van der Waals surface area contributed by atoms with Crippen molar-refractivity contribution in [3.63, 3.8) is 0 Å². The Morgan fingerprint density at radius 2 is 1.75 bits per heavy atom. The molecule has 1 fully saturated rings. The van der Waals surface area contributed by atoms with E-state index in [0.717, 1.165) is 6.54 Å². The van der Waals surface area contributed by atoms with Crippen molar-refractivity contribution in [1.29, 1.82) is 0 Å². The van der Waals surface area contributed by atoms with Gasteiger partial charge in [0.1, 0.15) is 8.24 Å². The van der Waals surface area contributed by atoms with E-state index in [4.69, 9.17) is 0 Å². The predicted molar refractivity (Wildman–Crippen MR) is 61.7 cm³/mol. The largest absolute Gasteiger partial charge is 0.334 e. The maximum atomic E-state index is 4.21. The quantitative estimate of drug-likeness (QED) is 0.591. The normalized spacial score (nSPS) is 28.2. The van der Waals surface area contributed by atoms with Gasteiger partial charge in [0.05, 0.1) is 8.07 Å². The van der Waals surface area contributed by atoms with E-state index in [-0.39, 0.29) is 0 Å². The Morgan fingerprint density at radius 1 is 1.17 bits per heavy atom. The maximum Gasteiger partial charge on any atom is 0.119 e. The average Bonchev–Trinajstić information content (AvgIpc) is 2.03. The summed E-state index contributed by atoms with van der Waals surface area (Å²) in [5, 5.41) is 1.51. The second kappa shape index (κ2) is 3.12. The number of rotatable bonds is 0. The third-order valence-corrected chi connectivity index (χ3v) is 9.84. The topological polar surface area (TPSA) is 12.0 Å². The minimum Gasteiger partial charge on any atom is -0.334 e. The van der Waals surface area contributed by atoms with E-state index in [1.54, 1.807) is 0 Å². The van der Waals surface area contributed by atoms with Gasteiger partial charge in [-0.1, -0.05) is 37.4 Å². The fraction of sp³-hybridized carbons (Fsp3) is 0.778. The first-order valence-electron chi connectivity index (χ1n) is 4.77. The van der Waals surface area contributed by atoms with Gasteiger partial charge in [0.15, 0.2) is 0 Å². The van der Waals surface area contributed by atoms with Crippen LogP contribution in [0.4, 0.5) is 0 Å². The average molecular weight is 199 g/mol. The van der Waals surface area contributed by atoms with Gasteiger partial charge < -0.3 is 4.98 Å². The zero-order valence-electron chi connectivity index (χ0n) is 8.83. The van der Waals surface area contributed by atoms with Gasteiger partial charge in [-0.3, -0.25) is 0 Å². The third-order valence-electron chi connectivity index (χ3n) is 3.11. The molecule has 0 aliphatic carbocycles. The number of hydrogen-bond donors (Lipinski definition) is 1. The molecular weight excluding hydrogens is 178 g/mol. The van der Waals surface area contributed by atoms with Crippen molar-refractivity contribution < 1.29 is 0 Å². The summed E-state index contributed by atoms with van der Waals surface area (Å²) in [6, 6.07) is 2.88. The molecule has 12 heavy (non-hydrogen) atoms. The summed E-state index contributed by atoms with van der Waals surface area (Å²) in [5.74, 6) is 0. The molecule has 0 spiro atoms. The monoisotopic (exact) mass is 199 g/mol. The lowest BCUT2D eigenvalue weighted by atomic mass is 10.6. The molecule has 0 unspecified atom stereocenters. The van der Waals surface area contributed by atoms with Gasteiger partial charge in [0.2, 0.25) is 0 Å². The van der Waals surface area contributed by atoms with E-state index in [9.17, 15) is 0 Å². The highest BCUT2D eigenvalue weighted by Gasteiger charge is 2.33. The van der Waals surface area contributed by atoms with Gasteiger partial charge >= 0.3 is 0 Å². The van der Waals surface area contributed by atoms with Crippen molar-refractivity contribution >= 4 is 16.3 Å². The van der Waals surface area contributed by atoms with Crippen molar-refractivity contribution in [3.8, 4) is 0 Å². The molecule has 0 aromatic rings. The van der Waals surface area contributed by atoms with Crippen LogP contribution in [0.15, 0.2) is 11.8 Å². The summed E-state index contributed by atoms with van der Waals surface area (Å²) in [5.41, 5.74) is 0. The van der Waals surface area contributed by atoms with Crippen LogP contribution >= 0.6 is 0 Å². The first-order chi connectivity index (χ1) is 5.33. The van der Waals surface area contributed by atoms with Crippen LogP contribution in [0.2, 0.25) is 38.3 Å². The van der Waals surface area contributed by atoms with Crippen LogP contribution < -0.4 is 4.98 Å². The van der Waals surface area contributed by atoms with Gasteiger partial charge in [-0.05, 0) is 6.04 Å². The fourth-order valence-corrected chi connectivity index (χ4v) is 8.44. The molecule has 0 atom stereocenters. The molecule has 0 aromatic heterocycles. The van der Waals surface area contributed by atoms with Gasteiger partial charge in [0.25, 0.3) is 0 Å². The smallest absolute Gasteiger partial charge is 0.119 e. The minimum absolute atomic E-state index is 1.05. The third kappa shape index (κ3) is 2.31. The summed E-state index contributed by atoms with van der Waals surface area (Å²) in [7, 11) is -2.10. The van der Waals surface area contributed by atoms with E-state index in [0.29, 0.717) is 0 Å². The summed E-state index contributed by atoms with van der Waals surface area (Å²) in [6.07, 6.45) is 0. The van der Waals surface area contributed by atoms with E-state index in [1.165, 1.54) is 17.3 Å². The fourth-order valence-electron chi connectivity index (χ4n) is 1.48. The zero-order chi connectivity index (χ0) is 9.41. The second-order valence-electron chi connectivity index (χ2n) is 5.22. The van der Waals surface area contributed by atoms with Gasteiger partial charge in [-0.15, -0.1) is 6.58 Å². The Hall–Kier alpha value is 0.134. The van der Waals surface area contributed by atoms with Crippen LogP contribution in [0.25, 0.3) is 0 Å². The van der Waals surface area contributed by atoms with Crippen LogP contribution in [0.3, 0.4) is 0 Å². The predicted octanol–water partition coefficient (Wildman–Crippen LogP) is 2.60. The van der Waals surface area contributed by atoms with Gasteiger partial charge in [0, 0.05) is 6.54 Å². The molecule has 1 rings (SSSR count). The Morgan fingerprint density at radius 3 is 2.33 bits per heavy atom. The molecule has 1 saturated heterocycles. The SMILES string of the molecule is C=C1CN[Si](C)(C)CC[Si]1(C)C. The number of hydrogen-bond acceptors (Lipinski definition) is 1. The second-order valence-corrected chi connectivity index (χ2v) is 14.8. The molecule has 0 radical (unpaired) electrons. The van der Waals surface area contributed by atoms with E-state index >= 15 is 0 Å². The molecular formula is C9H21NSi2. The highest BCUT2D eigenvalue weighted by molar-refractivity contribution is 6.87. The lowest BCUT2D eigenvalue weighted by Crippen LogP contribution is -2.43. The Balaban J connectivity index is 2.73. The molecule has 70 valence electrons. The molecule has 3 heteroatoms. The van der Waals surface area contributed by atoms with Crippen molar-refractivity contribution in [3.05, 3.63) is 11.8 Å². The summed E-state index contributed by atoms with van der Waals surface area (Å²) < 4.78 is 0. The molecule has 1 N–H and O–H groups in total. The summed E-state index contributed by atoms with van der Waals surface area (Å²) >= 11 is 0. The van der Waals surface area contributed by atoms with Crippen molar-refractivity contribution in [2.24, 2.45) is 0 Å². The first-order valence-corrected chi connectivity index (χ1v) is 11.2. The molecule has 0 aromatic carbocycles. The van der Waals surface area contributed by atoms with Gasteiger partial charge in [-0.25, -0.2) is 0 Å². The zero-order valence-corrected chi connectivity index (χ0v) is 10.8. The lowest BCUT2D eigenvalue weighted by molar-refractivity contribution is 1.02. The number of nitrogens with one attached hydrogen (secondary N) is 1. The first kappa shape index (κ1) is 10.2. The van der Waals surface area contributed by atoms with Crippen LogP contribution in [0.1, 0.15) is 0 Å². The molecule has 0 amide bonds. The van der Waals surface area contributed by atoms with Crippen LogP contribution in [-0.4, -0.2) is 22.9 Å². The van der Waals surface area contributed by atoms with Crippen LogP contribution in [0.5, 0.6) is 0 Å². The van der Waals surface area contributed by atoms with Crippen molar-refractivity contribution in [2.75, 3.05) is 6.54 Å². The molecule has 1 nitrogen and oxygen atoms in total. The highest BCUT2D eigenvalue weighted by atomic mass is 28.3. The Kier molecular flexibility index (Phi) is 2.66. The molecule has 1 heterocycles. The summed E-state index contributed by atoms with van der Waals surface area (Å²) in [4.78, 5) is 3.70. The van der Waals surface area contributed by atoms with Gasteiger partial charge in [-0.2, -0.15) is 0 Å². The maximum absolute atomic E-state index is 4.21. The van der Waals surface area contributed by atoms with E-state index < -0.39 is 16.3 Å². The van der Waals surface area contributed by atoms with Crippen molar-refractivity contribution in [1.82, 2.24) is 4.98 Å². The molecule has 1 aliphatic rings. The van der Waals surface area contributed by atoms with Crippen LogP contribution in [-0.2, 0) is 0 Å². The van der Waals surface area contributed by atoms with E-state index in [1.807, 2.05) is 0 Å². The lowest BCUT2D eigenvalue weighted by Gasteiger charge is -2.22.